The number of barbiturate groups is 1. The van der Waals surface area contributed by atoms with Gasteiger partial charge in [-0.1, -0.05) is 30.3 Å². The third-order valence-electron chi connectivity index (χ3n) is 2.76. The molecule has 1 N–H and O–H groups in total. The van der Waals surface area contributed by atoms with Crippen LogP contribution >= 0.6 is 0 Å². The van der Waals surface area contributed by atoms with Crippen molar-refractivity contribution in [3.8, 4) is 0 Å². The lowest BCUT2D eigenvalue weighted by atomic mass is 9.96. The third-order valence-corrected chi connectivity index (χ3v) is 2.76. The number of nitrogens with one attached hydrogen (secondary N) is 1. The van der Waals surface area contributed by atoms with Gasteiger partial charge in [0.15, 0.2) is 0 Å². The van der Waals surface area contributed by atoms with Gasteiger partial charge in [-0.2, -0.15) is 0 Å². The van der Waals surface area contributed by atoms with Gasteiger partial charge in [0.2, 0.25) is 11.8 Å². The number of carbonyl (C=O) groups excluding carboxylic acids is 3. The first kappa shape index (κ1) is 11.3. The molecule has 1 aromatic rings. The molecule has 1 saturated heterocycles. The van der Waals surface area contributed by atoms with Crippen LogP contribution in [-0.4, -0.2) is 29.8 Å². The lowest BCUT2D eigenvalue weighted by Crippen LogP contribution is -2.56. The SMILES string of the molecule is CN1C(=O)NC(=O)C(Cc2ccccc2)C1=O. The van der Waals surface area contributed by atoms with Crippen LogP contribution in [0.1, 0.15) is 5.56 Å². The number of benzene rings is 1. The minimum absolute atomic E-state index is 0.309. The van der Waals surface area contributed by atoms with E-state index in [0.717, 1.165) is 10.5 Å². The predicted octanol–water partition coefficient (Wildman–Crippen LogP) is 0.553. The van der Waals surface area contributed by atoms with E-state index in [2.05, 4.69) is 5.32 Å². The molecule has 17 heavy (non-hydrogen) atoms. The minimum Gasteiger partial charge on any atom is -0.277 e. The summed E-state index contributed by atoms with van der Waals surface area (Å²) in [4.78, 5) is 35.5. The van der Waals surface area contributed by atoms with E-state index in [9.17, 15) is 14.4 Å². The molecule has 1 fully saturated rings. The highest BCUT2D eigenvalue weighted by Gasteiger charge is 2.38. The van der Waals surface area contributed by atoms with E-state index in [4.69, 9.17) is 0 Å². The summed E-state index contributed by atoms with van der Waals surface area (Å²) in [5.41, 5.74) is 0.892. The summed E-state index contributed by atoms with van der Waals surface area (Å²) in [5, 5.41) is 2.16. The quantitative estimate of drug-likeness (QED) is 0.757. The van der Waals surface area contributed by atoms with Crippen LogP contribution < -0.4 is 5.32 Å². The van der Waals surface area contributed by atoms with Crippen molar-refractivity contribution in [2.75, 3.05) is 7.05 Å². The summed E-state index contributed by atoms with van der Waals surface area (Å²) in [6, 6.07) is 8.57. The van der Waals surface area contributed by atoms with Gasteiger partial charge in [-0.05, 0) is 12.0 Å². The van der Waals surface area contributed by atoms with Crippen molar-refractivity contribution in [1.29, 1.82) is 0 Å². The maximum atomic E-state index is 11.8. The Balaban J connectivity index is 2.18. The molecule has 5 heteroatoms. The molecular weight excluding hydrogens is 220 g/mol. The number of amides is 4. The number of imide groups is 2. The maximum absolute atomic E-state index is 11.8. The molecule has 0 radical (unpaired) electrons. The van der Waals surface area contributed by atoms with Crippen molar-refractivity contribution in [3.05, 3.63) is 35.9 Å². The van der Waals surface area contributed by atoms with E-state index in [1.807, 2.05) is 30.3 Å². The van der Waals surface area contributed by atoms with Gasteiger partial charge < -0.3 is 0 Å². The molecule has 1 aliphatic rings. The van der Waals surface area contributed by atoms with Crippen LogP contribution in [0.5, 0.6) is 0 Å². The Kier molecular flexibility index (Phi) is 2.91. The van der Waals surface area contributed by atoms with E-state index < -0.39 is 23.8 Å². The monoisotopic (exact) mass is 232 g/mol. The van der Waals surface area contributed by atoms with E-state index in [-0.39, 0.29) is 0 Å². The van der Waals surface area contributed by atoms with E-state index in [1.165, 1.54) is 7.05 Å². The van der Waals surface area contributed by atoms with Crippen LogP contribution in [0.15, 0.2) is 30.3 Å². The van der Waals surface area contributed by atoms with Crippen LogP contribution in [0.4, 0.5) is 4.79 Å². The average Bonchev–Trinajstić information content (AvgIpc) is 2.33. The molecule has 0 bridgehead atoms. The molecule has 0 aromatic heterocycles. The van der Waals surface area contributed by atoms with Gasteiger partial charge in [0.1, 0.15) is 5.92 Å². The molecule has 1 aromatic carbocycles. The number of hydrogen-bond donors (Lipinski definition) is 1. The van der Waals surface area contributed by atoms with Gasteiger partial charge in [0, 0.05) is 7.05 Å². The molecule has 4 amide bonds. The Hall–Kier alpha value is -2.17. The van der Waals surface area contributed by atoms with Gasteiger partial charge in [-0.3, -0.25) is 19.8 Å². The normalized spacial score (nSPS) is 20.4. The van der Waals surface area contributed by atoms with Crippen molar-refractivity contribution >= 4 is 17.8 Å². The number of rotatable bonds is 2. The molecule has 5 nitrogen and oxygen atoms in total. The average molecular weight is 232 g/mol. The standard InChI is InChI=1S/C12H12N2O3/c1-14-11(16)9(10(15)13-12(14)17)7-8-5-3-2-4-6-8/h2-6,9H,7H2,1H3,(H,13,15,17). The van der Waals surface area contributed by atoms with Gasteiger partial charge in [-0.15, -0.1) is 0 Å². The number of nitrogens with zero attached hydrogens (tertiary/aromatic N) is 1. The van der Waals surface area contributed by atoms with Gasteiger partial charge >= 0.3 is 6.03 Å². The molecule has 2 rings (SSSR count). The fourth-order valence-corrected chi connectivity index (χ4v) is 1.75. The number of urea groups is 1. The van der Waals surface area contributed by atoms with Crippen molar-refractivity contribution in [2.24, 2.45) is 5.92 Å². The summed E-state index contributed by atoms with van der Waals surface area (Å²) in [5.74, 6) is -1.80. The fourth-order valence-electron chi connectivity index (χ4n) is 1.75. The predicted molar refractivity (Wildman–Crippen MR) is 59.9 cm³/mol. The lowest BCUT2D eigenvalue weighted by Gasteiger charge is -2.27. The van der Waals surface area contributed by atoms with E-state index >= 15 is 0 Å². The van der Waals surface area contributed by atoms with Crippen LogP contribution in [0.2, 0.25) is 0 Å². The largest absolute Gasteiger partial charge is 0.330 e. The summed E-state index contributed by atoms with van der Waals surface area (Å²) in [6.07, 6.45) is 0.309. The second-order valence-electron chi connectivity index (χ2n) is 3.93. The Morgan fingerprint density at radius 2 is 1.82 bits per heavy atom. The third kappa shape index (κ3) is 2.18. The molecule has 1 atom stereocenters. The molecule has 0 aliphatic carbocycles. The van der Waals surface area contributed by atoms with Gasteiger partial charge in [0.05, 0.1) is 0 Å². The first-order valence-corrected chi connectivity index (χ1v) is 5.26. The molecule has 1 heterocycles. The van der Waals surface area contributed by atoms with Crippen LogP contribution in [0, 0.1) is 5.92 Å². The fraction of sp³-hybridized carbons (Fsp3) is 0.250. The van der Waals surface area contributed by atoms with Gasteiger partial charge in [-0.25, -0.2) is 4.79 Å². The molecule has 1 aliphatic heterocycles. The smallest absolute Gasteiger partial charge is 0.277 e. The van der Waals surface area contributed by atoms with E-state index in [1.54, 1.807) is 0 Å². The van der Waals surface area contributed by atoms with Crippen molar-refractivity contribution in [2.45, 2.75) is 6.42 Å². The van der Waals surface area contributed by atoms with Gasteiger partial charge in [0.25, 0.3) is 0 Å². The van der Waals surface area contributed by atoms with Crippen molar-refractivity contribution in [3.63, 3.8) is 0 Å². The summed E-state index contributed by atoms with van der Waals surface area (Å²) >= 11 is 0. The second kappa shape index (κ2) is 4.37. The Labute approximate surface area is 98.4 Å². The Bertz CT molecular complexity index is 470. The van der Waals surface area contributed by atoms with Crippen LogP contribution in [0.25, 0.3) is 0 Å². The second-order valence-corrected chi connectivity index (χ2v) is 3.93. The molecule has 0 saturated carbocycles. The lowest BCUT2D eigenvalue weighted by molar-refractivity contribution is -0.141. The zero-order valence-electron chi connectivity index (χ0n) is 9.34. The molecule has 88 valence electrons. The van der Waals surface area contributed by atoms with E-state index in [0.29, 0.717) is 6.42 Å². The minimum atomic E-state index is -0.819. The van der Waals surface area contributed by atoms with Crippen LogP contribution in [-0.2, 0) is 16.0 Å². The van der Waals surface area contributed by atoms with Crippen LogP contribution in [0.3, 0.4) is 0 Å². The van der Waals surface area contributed by atoms with Crippen molar-refractivity contribution in [1.82, 2.24) is 10.2 Å². The zero-order valence-corrected chi connectivity index (χ0v) is 9.34. The summed E-state index contributed by atoms with van der Waals surface area (Å²) < 4.78 is 0. The highest BCUT2D eigenvalue weighted by Crippen LogP contribution is 2.15. The zero-order chi connectivity index (χ0) is 12.4. The Morgan fingerprint density at radius 3 is 2.47 bits per heavy atom. The first-order valence-electron chi connectivity index (χ1n) is 5.26. The highest BCUT2D eigenvalue weighted by atomic mass is 16.2. The molecule has 0 spiro atoms. The maximum Gasteiger partial charge on any atom is 0.330 e. The number of hydrogen-bond acceptors (Lipinski definition) is 3. The number of carbonyl (C=O) groups is 3. The molecule has 1 unspecified atom stereocenters. The topological polar surface area (TPSA) is 66.5 Å². The highest BCUT2D eigenvalue weighted by molar-refractivity contribution is 6.16. The van der Waals surface area contributed by atoms with Crippen molar-refractivity contribution < 1.29 is 14.4 Å². The summed E-state index contributed by atoms with van der Waals surface area (Å²) in [7, 11) is 1.36. The first-order chi connectivity index (χ1) is 8.09. The molecular formula is C12H12N2O3. The Morgan fingerprint density at radius 1 is 1.18 bits per heavy atom. The summed E-state index contributed by atoms with van der Waals surface area (Å²) in [6.45, 7) is 0.